The molecule has 1 fully saturated rings. The Morgan fingerprint density at radius 3 is 2.73 bits per heavy atom. The lowest BCUT2D eigenvalue weighted by molar-refractivity contribution is 0.0599. The van der Waals surface area contributed by atoms with Gasteiger partial charge in [0.2, 0.25) is 0 Å². The van der Waals surface area contributed by atoms with Gasteiger partial charge in [0.1, 0.15) is 0 Å². The Labute approximate surface area is 89.2 Å². The summed E-state index contributed by atoms with van der Waals surface area (Å²) in [5.74, 6) is -0.283. The molecule has 0 amide bonds. The molecule has 1 aromatic carbocycles. The van der Waals surface area contributed by atoms with E-state index in [2.05, 4.69) is 0 Å². The van der Waals surface area contributed by atoms with Gasteiger partial charge < -0.3 is 10.5 Å². The minimum Gasteiger partial charge on any atom is -0.465 e. The number of ether oxygens (including phenoxy) is 1. The number of nitrogens with two attached hydrogens (primary N) is 1. The zero-order valence-electron chi connectivity index (χ0n) is 8.82. The maximum absolute atomic E-state index is 11.5. The van der Waals surface area contributed by atoms with Crippen LogP contribution in [0.25, 0.3) is 0 Å². The molecule has 0 heterocycles. The van der Waals surface area contributed by atoms with Crippen molar-refractivity contribution in [3.8, 4) is 0 Å². The molecule has 1 aliphatic carbocycles. The van der Waals surface area contributed by atoms with E-state index in [1.165, 1.54) is 7.11 Å². The van der Waals surface area contributed by atoms with Crippen LogP contribution >= 0.6 is 0 Å². The minimum atomic E-state index is -0.283. The molecule has 0 saturated heterocycles. The van der Waals surface area contributed by atoms with Gasteiger partial charge in [-0.25, -0.2) is 4.79 Å². The van der Waals surface area contributed by atoms with Crippen LogP contribution in [-0.2, 0) is 11.2 Å². The molecule has 0 unspecified atom stereocenters. The van der Waals surface area contributed by atoms with E-state index in [0.717, 1.165) is 24.8 Å². The third-order valence-electron chi connectivity index (χ3n) is 2.86. The smallest absolute Gasteiger partial charge is 0.338 e. The fourth-order valence-corrected chi connectivity index (χ4v) is 1.70. The minimum absolute atomic E-state index is 0.0792. The molecule has 0 radical (unpaired) electrons. The molecular formula is C12H15NO2. The highest BCUT2D eigenvalue weighted by Gasteiger charge is 2.38. The summed E-state index contributed by atoms with van der Waals surface area (Å²) >= 11 is 0. The van der Waals surface area contributed by atoms with E-state index in [4.69, 9.17) is 10.5 Å². The van der Waals surface area contributed by atoms with Gasteiger partial charge in [-0.2, -0.15) is 0 Å². The van der Waals surface area contributed by atoms with Gasteiger partial charge in [-0.1, -0.05) is 18.2 Å². The van der Waals surface area contributed by atoms with E-state index in [1.54, 1.807) is 6.07 Å². The first-order chi connectivity index (χ1) is 7.14. The molecule has 1 saturated carbocycles. The summed E-state index contributed by atoms with van der Waals surface area (Å²) in [6.45, 7) is 0. The quantitative estimate of drug-likeness (QED) is 0.761. The van der Waals surface area contributed by atoms with Crippen molar-refractivity contribution >= 4 is 5.97 Å². The molecule has 0 aliphatic heterocycles. The summed E-state index contributed by atoms with van der Waals surface area (Å²) in [4.78, 5) is 11.5. The predicted octanol–water partition coefficient (Wildman–Crippen LogP) is 1.51. The van der Waals surface area contributed by atoms with Gasteiger partial charge in [0.15, 0.2) is 0 Å². The van der Waals surface area contributed by atoms with E-state index in [9.17, 15) is 4.79 Å². The maximum Gasteiger partial charge on any atom is 0.338 e. The second-order valence-corrected chi connectivity index (χ2v) is 4.19. The molecular weight excluding hydrogens is 190 g/mol. The highest BCUT2D eigenvalue weighted by Crippen LogP contribution is 2.36. The van der Waals surface area contributed by atoms with Crippen LogP contribution in [0.1, 0.15) is 28.8 Å². The molecule has 15 heavy (non-hydrogen) atoms. The third kappa shape index (κ3) is 2.18. The van der Waals surface area contributed by atoms with Gasteiger partial charge in [-0.3, -0.25) is 0 Å². The lowest BCUT2D eigenvalue weighted by Crippen LogP contribution is -2.25. The fraction of sp³-hybridized carbons (Fsp3) is 0.417. The third-order valence-corrected chi connectivity index (χ3v) is 2.86. The Kier molecular flexibility index (Phi) is 2.49. The SMILES string of the molecule is COC(=O)c1ccccc1CC1(N)CC1. The number of carbonyl (C=O) groups is 1. The first kappa shape index (κ1) is 10.2. The number of hydrogen-bond donors (Lipinski definition) is 1. The highest BCUT2D eigenvalue weighted by molar-refractivity contribution is 5.91. The van der Waals surface area contributed by atoms with Crippen LogP contribution in [0.4, 0.5) is 0 Å². The zero-order chi connectivity index (χ0) is 10.9. The summed E-state index contributed by atoms with van der Waals surface area (Å²) in [5, 5.41) is 0. The molecule has 0 atom stereocenters. The van der Waals surface area contributed by atoms with Crippen molar-refractivity contribution in [2.75, 3.05) is 7.11 Å². The number of rotatable bonds is 3. The van der Waals surface area contributed by atoms with Crippen LogP contribution in [0.2, 0.25) is 0 Å². The Morgan fingerprint density at radius 2 is 2.13 bits per heavy atom. The van der Waals surface area contributed by atoms with E-state index in [0.29, 0.717) is 5.56 Å². The Balaban J connectivity index is 2.25. The molecule has 1 aromatic rings. The van der Waals surface area contributed by atoms with Gasteiger partial charge >= 0.3 is 5.97 Å². The van der Waals surface area contributed by atoms with E-state index >= 15 is 0 Å². The van der Waals surface area contributed by atoms with Crippen LogP contribution in [-0.4, -0.2) is 18.6 Å². The van der Waals surface area contributed by atoms with Gasteiger partial charge in [0, 0.05) is 5.54 Å². The second kappa shape index (κ2) is 3.66. The molecule has 3 heteroatoms. The predicted molar refractivity (Wildman–Crippen MR) is 57.6 cm³/mol. The van der Waals surface area contributed by atoms with Crippen molar-refractivity contribution in [2.24, 2.45) is 5.73 Å². The first-order valence-corrected chi connectivity index (χ1v) is 5.10. The molecule has 80 valence electrons. The molecule has 3 nitrogen and oxygen atoms in total. The number of esters is 1. The van der Waals surface area contributed by atoms with E-state index < -0.39 is 0 Å². The molecule has 0 aromatic heterocycles. The zero-order valence-corrected chi connectivity index (χ0v) is 8.82. The highest BCUT2D eigenvalue weighted by atomic mass is 16.5. The Hall–Kier alpha value is -1.35. The number of carbonyl (C=O) groups excluding carboxylic acids is 1. The topological polar surface area (TPSA) is 52.3 Å². The van der Waals surface area contributed by atoms with Crippen LogP contribution in [0, 0.1) is 0 Å². The molecule has 2 N–H and O–H groups in total. The maximum atomic E-state index is 11.5. The van der Waals surface area contributed by atoms with E-state index in [-0.39, 0.29) is 11.5 Å². The van der Waals surface area contributed by atoms with Gasteiger partial charge in [0.25, 0.3) is 0 Å². The summed E-state index contributed by atoms with van der Waals surface area (Å²) in [7, 11) is 1.40. The normalized spacial score (nSPS) is 17.2. The Morgan fingerprint density at radius 1 is 1.47 bits per heavy atom. The van der Waals surface area contributed by atoms with Crippen molar-refractivity contribution in [1.82, 2.24) is 0 Å². The van der Waals surface area contributed by atoms with Crippen LogP contribution in [0.15, 0.2) is 24.3 Å². The molecule has 0 bridgehead atoms. The summed E-state index contributed by atoms with van der Waals surface area (Å²) < 4.78 is 4.73. The monoisotopic (exact) mass is 205 g/mol. The van der Waals surface area contributed by atoms with Crippen LogP contribution < -0.4 is 5.73 Å². The summed E-state index contributed by atoms with van der Waals surface area (Å²) in [6.07, 6.45) is 2.85. The van der Waals surface area contributed by atoms with E-state index in [1.807, 2.05) is 18.2 Å². The van der Waals surface area contributed by atoms with Gasteiger partial charge in [-0.05, 0) is 30.9 Å². The largest absolute Gasteiger partial charge is 0.465 e. The van der Waals surface area contributed by atoms with Crippen molar-refractivity contribution in [2.45, 2.75) is 24.8 Å². The molecule has 0 spiro atoms. The van der Waals surface area contributed by atoms with Crippen LogP contribution in [0.3, 0.4) is 0 Å². The summed E-state index contributed by atoms with van der Waals surface area (Å²) in [5.41, 5.74) is 7.58. The standard InChI is InChI=1S/C12H15NO2/c1-15-11(14)10-5-3-2-4-9(10)8-12(13)6-7-12/h2-5H,6-8,13H2,1H3. The van der Waals surface area contributed by atoms with Gasteiger partial charge in [0.05, 0.1) is 12.7 Å². The average Bonchev–Trinajstić information content (AvgIpc) is 2.96. The number of hydrogen-bond acceptors (Lipinski definition) is 3. The lowest BCUT2D eigenvalue weighted by Gasteiger charge is -2.11. The summed E-state index contributed by atoms with van der Waals surface area (Å²) in [6, 6.07) is 7.49. The second-order valence-electron chi connectivity index (χ2n) is 4.19. The fourth-order valence-electron chi connectivity index (χ4n) is 1.70. The first-order valence-electron chi connectivity index (χ1n) is 5.10. The number of methoxy groups -OCH3 is 1. The van der Waals surface area contributed by atoms with Crippen molar-refractivity contribution in [3.05, 3.63) is 35.4 Å². The van der Waals surface area contributed by atoms with Gasteiger partial charge in [-0.15, -0.1) is 0 Å². The molecule has 1 aliphatic rings. The van der Waals surface area contributed by atoms with Crippen molar-refractivity contribution < 1.29 is 9.53 Å². The Bertz CT molecular complexity index is 383. The van der Waals surface area contributed by atoms with Crippen LogP contribution in [0.5, 0.6) is 0 Å². The molecule has 2 rings (SSSR count). The lowest BCUT2D eigenvalue weighted by atomic mass is 9.99. The van der Waals surface area contributed by atoms with Crippen molar-refractivity contribution in [3.63, 3.8) is 0 Å². The number of benzene rings is 1. The van der Waals surface area contributed by atoms with Crippen molar-refractivity contribution in [1.29, 1.82) is 0 Å². The average molecular weight is 205 g/mol.